The van der Waals surface area contributed by atoms with Crippen LogP contribution in [0.1, 0.15) is 32.1 Å². The van der Waals surface area contributed by atoms with Gasteiger partial charge in [-0.2, -0.15) is 0 Å². The molecular weight excluding hydrogens is 264 g/mol. The summed E-state index contributed by atoms with van der Waals surface area (Å²) < 4.78 is 0. The molecule has 0 radical (unpaired) electrons. The van der Waals surface area contributed by atoms with E-state index in [1.54, 1.807) is 4.90 Å². The lowest BCUT2D eigenvalue weighted by molar-refractivity contribution is -0.130. The molecule has 0 atom stereocenters. The van der Waals surface area contributed by atoms with Crippen molar-refractivity contribution in [3.05, 3.63) is 0 Å². The van der Waals surface area contributed by atoms with Crippen molar-refractivity contribution in [2.45, 2.75) is 38.1 Å². The molecule has 2 fully saturated rings. The van der Waals surface area contributed by atoms with Crippen LogP contribution < -0.4 is 5.32 Å². The van der Waals surface area contributed by atoms with E-state index in [0.29, 0.717) is 12.6 Å². The van der Waals surface area contributed by atoms with E-state index in [2.05, 4.69) is 15.1 Å². The number of piperidine rings is 1. The molecule has 2 aliphatic heterocycles. The molecule has 2 heterocycles. The zero-order valence-corrected chi connectivity index (χ0v) is 13.8. The van der Waals surface area contributed by atoms with Crippen LogP contribution in [0.2, 0.25) is 0 Å². The van der Waals surface area contributed by atoms with Crippen molar-refractivity contribution in [1.82, 2.24) is 20.0 Å². The molecule has 0 unspecified atom stereocenters. The highest BCUT2D eigenvalue weighted by Crippen LogP contribution is 2.11. The molecule has 21 heavy (non-hydrogen) atoms. The van der Waals surface area contributed by atoms with Gasteiger partial charge in [-0.25, -0.2) is 0 Å². The molecule has 0 aromatic heterocycles. The van der Waals surface area contributed by atoms with E-state index in [0.717, 1.165) is 19.6 Å². The third-order valence-corrected chi connectivity index (χ3v) is 4.73. The van der Waals surface area contributed by atoms with Crippen molar-refractivity contribution >= 4 is 5.91 Å². The second-order valence-electron chi connectivity index (χ2n) is 6.70. The standard InChI is InChI=1S/C16H32N4O/c1-18(2)16(21)14-20-12-6-15(7-13-20)17-8-5-11-19-9-3-4-10-19/h15,17H,3-14H2,1-2H3. The normalized spacial score (nSPS) is 21.8. The molecule has 0 aromatic rings. The number of nitrogens with zero attached hydrogens (tertiary/aromatic N) is 3. The maximum Gasteiger partial charge on any atom is 0.236 e. The van der Waals surface area contributed by atoms with Gasteiger partial charge in [0, 0.05) is 33.2 Å². The lowest BCUT2D eigenvalue weighted by Crippen LogP contribution is -2.46. The second-order valence-corrected chi connectivity index (χ2v) is 6.70. The molecule has 1 N–H and O–H groups in total. The predicted molar refractivity (Wildman–Crippen MR) is 86.4 cm³/mol. The lowest BCUT2D eigenvalue weighted by Gasteiger charge is -2.32. The summed E-state index contributed by atoms with van der Waals surface area (Å²) in [6, 6.07) is 0.647. The van der Waals surface area contributed by atoms with Crippen molar-refractivity contribution in [1.29, 1.82) is 0 Å². The molecule has 0 bridgehead atoms. The number of rotatable bonds is 7. The number of likely N-dealkylation sites (N-methyl/N-ethyl adjacent to an activating group) is 1. The third-order valence-electron chi connectivity index (χ3n) is 4.73. The van der Waals surface area contributed by atoms with Crippen LogP contribution in [0.3, 0.4) is 0 Å². The van der Waals surface area contributed by atoms with Gasteiger partial charge in [0.25, 0.3) is 0 Å². The number of carbonyl (C=O) groups excluding carboxylic acids is 1. The Morgan fingerprint density at radius 2 is 1.76 bits per heavy atom. The minimum Gasteiger partial charge on any atom is -0.348 e. The van der Waals surface area contributed by atoms with E-state index >= 15 is 0 Å². The summed E-state index contributed by atoms with van der Waals surface area (Å²) >= 11 is 0. The average Bonchev–Trinajstić information content (AvgIpc) is 2.98. The topological polar surface area (TPSA) is 38.8 Å². The number of nitrogens with one attached hydrogen (secondary N) is 1. The summed E-state index contributed by atoms with van der Waals surface area (Å²) in [5.74, 6) is 0.215. The van der Waals surface area contributed by atoms with Gasteiger partial charge in [-0.05, 0) is 58.3 Å². The van der Waals surface area contributed by atoms with Crippen molar-refractivity contribution < 1.29 is 4.79 Å². The summed E-state index contributed by atoms with van der Waals surface area (Å²) in [6.07, 6.45) is 6.38. The Balaban J connectivity index is 1.51. The fourth-order valence-corrected chi connectivity index (χ4v) is 3.24. The van der Waals surface area contributed by atoms with Crippen LogP contribution in [0.4, 0.5) is 0 Å². The second kappa shape index (κ2) is 8.71. The third kappa shape index (κ3) is 5.93. The van der Waals surface area contributed by atoms with Crippen LogP contribution in [-0.4, -0.2) is 86.6 Å². The van der Waals surface area contributed by atoms with Crippen LogP contribution in [0, 0.1) is 0 Å². The SMILES string of the molecule is CN(C)C(=O)CN1CCC(NCCCN2CCCC2)CC1. The molecule has 5 heteroatoms. The van der Waals surface area contributed by atoms with Crippen molar-refractivity contribution in [3.8, 4) is 0 Å². The number of likely N-dealkylation sites (tertiary alicyclic amines) is 2. The zero-order valence-electron chi connectivity index (χ0n) is 13.8. The van der Waals surface area contributed by atoms with Crippen LogP contribution in [0.15, 0.2) is 0 Å². The summed E-state index contributed by atoms with van der Waals surface area (Å²) in [7, 11) is 3.66. The van der Waals surface area contributed by atoms with Gasteiger partial charge < -0.3 is 15.1 Å². The smallest absolute Gasteiger partial charge is 0.236 e. The Morgan fingerprint density at radius 3 is 2.38 bits per heavy atom. The first-order chi connectivity index (χ1) is 10.1. The minimum atomic E-state index is 0.215. The first kappa shape index (κ1) is 16.7. The fraction of sp³-hybridized carbons (Fsp3) is 0.938. The Bertz CT molecular complexity index is 307. The highest BCUT2D eigenvalue weighted by Gasteiger charge is 2.20. The van der Waals surface area contributed by atoms with Crippen molar-refractivity contribution in [2.75, 3.05) is 59.9 Å². The summed E-state index contributed by atoms with van der Waals surface area (Å²) in [5.41, 5.74) is 0. The fourth-order valence-electron chi connectivity index (χ4n) is 3.24. The maximum absolute atomic E-state index is 11.7. The molecule has 2 rings (SSSR count). The summed E-state index contributed by atoms with van der Waals surface area (Å²) in [6.45, 7) is 7.67. The predicted octanol–water partition coefficient (Wildman–Crippen LogP) is 0.615. The quantitative estimate of drug-likeness (QED) is 0.699. The molecule has 2 saturated heterocycles. The first-order valence-electron chi connectivity index (χ1n) is 8.53. The average molecular weight is 296 g/mol. The summed E-state index contributed by atoms with van der Waals surface area (Å²) in [4.78, 5) is 18.2. The molecule has 1 amide bonds. The van der Waals surface area contributed by atoms with Gasteiger partial charge in [0.1, 0.15) is 0 Å². The molecule has 122 valence electrons. The van der Waals surface area contributed by atoms with Gasteiger partial charge >= 0.3 is 0 Å². The van der Waals surface area contributed by atoms with Gasteiger partial charge in [-0.15, -0.1) is 0 Å². The van der Waals surface area contributed by atoms with Crippen molar-refractivity contribution in [3.63, 3.8) is 0 Å². The first-order valence-corrected chi connectivity index (χ1v) is 8.53. The molecule has 0 aliphatic carbocycles. The largest absolute Gasteiger partial charge is 0.348 e. The zero-order chi connectivity index (χ0) is 15.1. The van der Waals surface area contributed by atoms with E-state index in [4.69, 9.17) is 0 Å². The highest BCUT2D eigenvalue weighted by molar-refractivity contribution is 5.77. The van der Waals surface area contributed by atoms with E-state index < -0.39 is 0 Å². The molecule has 2 aliphatic rings. The van der Waals surface area contributed by atoms with Gasteiger partial charge in [0.05, 0.1) is 6.54 Å². The van der Waals surface area contributed by atoms with Crippen LogP contribution in [0.5, 0.6) is 0 Å². The van der Waals surface area contributed by atoms with E-state index in [1.165, 1.54) is 51.7 Å². The Hall–Kier alpha value is -0.650. The molecule has 0 aromatic carbocycles. The van der Waals surface area contributed by atoms with Crippen LogP contribution in [-0.2, 0) is 4.79 Å². The van der Waals surface area contributed by atoms with Crippen LogP contribution in [0.25, 0.3) is 0 Å². The molecule has 0 saturated carbocycles. The van der Waals surface area contributed by atoms with E-state index in [-0.39, 0.29) is 5.91 Å². The minimum absolute atomic E-state index is 0.215. The Kier molecular flexibility index (Phi) is 6.93. The lowest BCUT2D eigenvalue weighted by atomic mass is 10.0. The Labute approximate surface area is 129 Å². The van der Waals surface area contributed by atoms with Gasteiger partial charge in [0.15, 0.2) is 0 Å². The molecule has 5 nitrogen and oxygen atoms in total. The van der Waals surface area contributed by atoms with E-state index in [1.807, 2.05) is 14.1 Å². The highest BCUT2D eigenvalue weighted by atomic mass is 16.2. The maximum atomic E-state index is 11.7. The number of carbonyl (C=O) groups is 1. The number of hydrogen-bond acceptors (Lipinski definition) is 4. The number of hydrogen-bond donors (Lipinski definition) is 1. The van der Waals surface area contributed by atoms with Crippen molar-refractivity contribution in [2.24, 2.45) is 0 Å². The van der Waals surface area contributed by atoms with Gasteiger partial charge in [-0.3, -0.25) is 9.69 Å². The summed E-state index contributed by atoms with van der Waals surface area (Å²) in [5, 5.41) is 3.69. The van der Waals surface area contributed by atoms with Crippen LogP contribution >= 0.6 is 0 Å². The molecule has 0 spiro atoms. The monoisotopic (exact) mass is 296 g/mol. The van der Waals surface area contributed by atoms with Gasteiger partial charge in [0.2, 0.25) is 5.91 Å². The van der Waals surface area contributed by atoms with E-state index in [9.17, 15) is 4.79 Å². The molecular formula is C16H32N4O. The Morgan fingerprint density at radius 1 is 1.10 bits per heavy atom. The van der Waals surface area contributed by atoms with Gasteiger partial charge in [-0.1, -0.05) is 0 Å². The number of amides is 1.